The Hall–Kier alpha value is -2.50. The molecule has 1 aromatic heterocycles. The summed E-state index contributed by atoms with van der Waals surface area (Å²) in [5, 5.41) is 12.0. The number of carboxylic acid groups (broad SMARTS) is 1. The number of carbonyl (C=O) groups is 1. The molecule has 1 unspecified atom stereocenters. The lowest BCUT2D eigenvalue weighted by molar-refractivity contribution is 0.0697. The van der Waals surface area contributed by atoms with Gasteiger partial charge in [0.15, 0.2) is 0 Å². The maximum absolute atomic E-state index is 10.9. The molecule has 0 amide bonds. The SMILES string of the molecule is Cc1cnc(C(C)Nc2cc(C(=O)O)ccc2N)o1. The first-order chi connectivity index (χ1) is 8.97. The van der Waals surface area contributed by atoms with Gasteiger partial charge in [-0.05, 0) is 32.0 Å². The molecule has 0 bridgehead atoms. The summed E-state index contributed by atoms with van der Waals surface area (Å²) in [5.41, 5.74) is 7.01. The largest absolute Gasteiger partial charge is 0.478 e. The van der Waals surface area contributed by atoms with Gasteiger partial charge in [-0.2, -0.15) is 0 Å². The molecule has 0 fully saturated rings. The zero-order valence-corrected chi connectivity index (χ0v) is 10.7. The number of aromatic carboxylic acids is 1. The molecule has 0 radical (unpaired) electrons. The van der Waals surface area contributed by atoms with E-state index in [2.05, 4.69) is 10.3 Å². The Bertz CT molecular complexity index is 607. The normalized spacial score (nSPS) is 12.1. The third-order valence-corrected chi connectivity index (χ3v) is 2.68. The highest BCUT2D eigenvalue weighted by molar-refractivity contribution is 5.90. The van der Waals surface area contributed by atoms with Gasteiger partial charge in [-0.25, -0.2) is 9.78 Å². The van der Waals surface area contributed by atoms with Crippen LogP contribution in [0.15, 0.2) is 28.8 Å². The van der Waals surface area contributed by atoms with Crippen LogP contribution in [0.4, 0.5) is 11.4 Å². The Kier molecular flexibility index (Phi) is 3.41. The van der Waals surface area contributed by atoms with Gasteiger partial charge >= 0.3 is 5.97 Å². The van der Waals surface area contributed by atoms with E-state index in [1.165, 1.54) is 12.1 Å². The molecular formula is C13H15N3O3. The number of oxazole rings is 1. The summed E-state index contributed by atoms with van der Waals surface area (Å²) >= 11 is 0. The van der Waals surface area contributed by atoms with E-state index < -0.39 is 5.97 Å². The molecule has 6 heteroatoms. The smallest absolute Gasteiger partial charge is 0.335 e. The fraction of sp³-hybridized carbons (Fsp3) is 0.231. The molecule has 0 saturated carbocycles. The Morgan fingerprint density at radius 3 is 2.84 bits per heavy atom. The van der Waals surface area contributed by atoms with E-state index in [-0.39, 0.29) is 11.6 Å². The molecule has 2 rings (SSSR count). The molecule has 0 saturated heterocycles. The Morgan fingerprint density at radius 2 is 2.26 bits per heavy atom. The molecule has 0 aliphatic carbocycles. The Morgan fingerprint density at radius 1 is 1.53 bits per heavy atom. The van der Waals surface area contributed by atoms with Gasteiger partial charge < -0.3 is 20.6 Å². The number of aromatic nitrogens is 1. The average Bonchev–Trinajstić information content (AvgIpc) is 2.78. The average molecular weight is 261 g/mol. The molecule has 1 heterocycles. The number of anilines is 2. The summed E-state index contributed by atoms with van der Waals surface area (Å²) in [4.78, 5) is 15.0. The maximum atomic E-state index is 10.9. The number of aryl methyl sites for hydroxylation is 1. The summed E-state index contributed by atoms with van der Waals surface area (Å²) in [6, 6.07) is 4.30. The van der Waals surface area contributed by atoms with Gasteiger partial charge in [-0.15, -0.1) is 0 Å². The molecule has 100 valence electrons. The number of nitrogens with zero attached hydrogens (tertiary/aromatic N) is 1. The highest BCUT2D eigenvalue weighted by Gasteiger charge is 2.14. The minimum Gasteiger partial charge on any atom is -0.478 e. The van der Waals surface area contributed by atoms with Crippen molar-refractivity contribution in [3.63, 3.8) is 0 Å². The molecule has 0 spiro atoms. The van der Waals surface area contributed by atoms with Gasteiger partial charge in [0.25, 0.3) is 0 Å². The molecule has 0 aliphatic rings. The van der Waals surface area contributed by atoms with Gasteiger partial charge in [0.1, 0.15) is 11.8 Å². The standard InChI is InChI=1S/C13H15N3O3/c1-7-6-15-12(19-7)8(2)16-11-5-9(13(17)18)3-4-10(11)14/h3-6,8,16H,14H2,1-2H3,(H,17,18). The molecule has 6 nitrogen and oxygen atoms in total. The van der Waals surface area contributed by atoms with Crippen LogP contribution in [-0.2, 0) is 0 Å². The van der Waals surface area contributed by atoms with Crippen molar-refractivity contribution in [2.75, 3.05) is 11.1 Å². The van der Waals surface area contributed by atoms with E-state index in [1.807, 2.05) is 13.8 Å². The maximum Gasteiger partial charge on any atom is 0.335 e. The van der Waals surface area contributed by atoms with Crippen molar-refractivity contribution in [1.82, 2.24) is 4.98 Å². The molecule has 2 aromatic rings. The summed E-state index contributed by atoms with van der Waals surface area (Å²) in [6.45, 7) is 3.67. The molecule has 4 N–H and O–H groups in total. The minimum atomic E-state index is -0.998. The zero-order chi connectivity index (χ0) is 14.0. The van der Waals surface area contributed by atoms with E-state index in [0.29, 0.717) is 17.3 Å². The summed E-state index contributed by atoms with van der Waals surface area (Å²) in [7, 11) is 0. The monoisotopic (exact) mass is 261 g/mol. The first-order valence-electron chi connectivity index (χ1n) is 5.79. The van der Waals surface area contributed by atoms with E-state index >= 15 is 0 Å². The van der Waals surface area contributed by atoms with Crippen molar-refractivity contribution in [1.29, 1.82) is 0 Å². The number of hydrogen-bond acceptors (Lipinski definition) is 5. The highest BCUT2D eigenvalue weighted by Crippen LogP contribution is 2.25. The quantitative estimate of drug-likeness (QED) is 0.731. The van der Waals surface area contributed by atoms with Crippen LogP contribution >= 0.6 is 0 Å². The number of hydrogen-bond donors (Lipinski definition) is 3. The topological polar surface area (TPSA) is 101 Å². The predicted octanol–water partition coefficient (Wildman–Crippen LogP) is 2.44. The van der Waals surface area contributed by atoms with Crippen LogP contribution in [0.3, 0.4) is 0 Å². The molecular weight excluding hydrogens is 246 g/mol. The second-order valence-electron chi connectivity index (χ2n) is 4.28. The number of nitrogen functional groups attached to an aromatic ring is 1. The number of benzene rings is 1. The van der Waals surface area contributed by atoms with Crippen molar-refractivity contribution in [2.24, 2.45) is 0 Å². The zero-order valence-electron chi connectivity index (χ0n) is 10.7. The van der Waals surface area contributed by atoms with Crippen LogP contribution < -0.4 is 11.1 Å². The third kappa shape index (κ3) is 2.85. The molecule has 0 aliphatic heterocycles. The van der Waals surface area contributed by atoms with Crippen LogP contribution in [0.25, 0.3) is 0 Å². The van der Waals surface area contributed by atoms with Gasteiger partial charge in [0.05, 0.1) is 23.1 Å². The highest BCUT2D eigenvalue weighted by atomic mass is 16.4. The second-order valence-corrected chi connectivity index (χ2v) is 4.28. The summed E-state index contributed by atoms with van der Waals surface area (Å²) in [6.07, 6.45) is 1.63. The van der Waals surface area contributed by atoms with Crippen molar-refractivity contribution in [3.05, 3.63) is 41.6 Å². The van der Waals surface area contributed by atoms with Crippen LogP contribution in [0, 0.1) is 6.92 Å². The second kappa shape index (κ2) is 5.01. The Balaban J connectivity index is 2.22. The lowest BCUT2D eigenvalue weighted by Gasteiger charge is -2.14. The van der Waals surface area contributed by atoms with Crippen LogP contribution in [-0.4, -0.2) is 16.1 Å². The van der Waals surface area contributed by atoms with Gasteiger partial charge in [-0.3, -0.25) is 0 Å². The lowest BCUT2D eigenvalue weighted by atomic mass is 10.1. The van der Waals surface area contributed by atoms with E-state index in [0.717, 1.165) is 5.76 Å². The molecule has 1 atom stereocenters. The fourth-order valence-corrected chi connectivity index (χ4v) is 1.68. The third-order valence-electron chi connectivity index (χ3n) is 2.68. The van der Waals surface area contributed by atoms with Gasteiger partial charge in [-0.1, -0.05) is 0 Å². The first kappa shape index (κ1) is 12.9. The fourth-order valence-electron chi connectivity index (χ4n) is 1.68. The minimum absolute atomic E-state index is 0.174. The van der Waals surface area contributed by atoms with Gasteiger partial charge in [0.2, 0.25) is 5.89 Å². The van der Waals surface area contributed by atoms with Gasteiger partial charge in [0, 0.05) is 0 Å². The first-order valence-corrected chi connectivity index (χ1v) is 5.79. The van der Waals surface area contributed by atoms with Crippen LogP contribution in [0.2, 0.25) is 0 Å². The van der Waals surface area contributed by atoms with Crippen molar-refractivity contribution >= 4 is 17.3 Å². The van der Waals surface area contributed by atoms with Crippen LogP contribution in [0.5, 0.6) is 0 Å². The van der Waals surface area contributed by atoms with E-state index in [9.17, 15) is 4.79 Å². The lowest BCUT2D eigenvalue weighted by Crippen LogP contribution is -2.10. The number of nitrogens with one attached hydrogen (secondary N) is 1. The number of nitrogens with two attached hydrogens (primary N) is 1. The molecule has 19 heavy (non-hydrogen) atoms. The van der Waals surface area contributed by atoms with Crippen molar-refractivity contribution in [2.45, 2.75) is 19.9 Å². The van der Waals surface area contributed by atoms with Crippen LogP contribution in [0.1, 0.15) is 35.0 Å². The summed E-state index contributed by atoms with van der Waals surface area (Å²) in [5.74, 6) is 0.246. The van der Waals surface area contributed by atoms with Crippen molar-refractivity contribution < 1.29 is 14.3 Å². The van der Waals surface area contributed by atoms with E-state index in [1.54, 1.807) is 12.3 Å². The number of carboxylic acids is 1. The Labute approximate surface area is 110 Å². The predicted molar refractivity (Wildman–Crippen MR) is 71.1 cm³/mol. The summed E-state index contributed by atoms with van der Waals surface area (Å²) < 4.78 is 5.40. The van der Waals surface area contributed by atoms with E-state index in [4.69, 9.17) is 15.3 Å². The number of rotatable bonds is 4. The molecule has 1 aromatic carbocycles. The van der Waals surface area contributed by atoms with Crippen molar-refractivity contribution in [3.8, 4) is 0 Å².